The molecule has 3 heterocycles. The molecule has 0 bridgehead atoms. The number of thiophene rings is 1. The summed E-state index contributed by atoms with van der Waals surface area (Å²) in [6.45, 7) is 0.642. The first-order valence-corrected chi connectivity index (χ1v) is 10.7. The largest absolute Gasteiger partial charge is 0.493 e. The summed E-state index contributed by atoms with van der Waals surface area (Å²) in [4.78, 5) is 20.1. The minimum absolute atomic E-state index is 0.0336. The maximum Gasteiger partial charge on any atom is 0.256 e. The molecule has 2 aromatic carbocycles. The van der Waals surface area contributed by atoms with E-state index in [2.05, 4.69) is 16.4 Å². The lowest BCUT2D eigenvalue weighted by Crippen LogP contribution is -2.40. The second kappa shape index (κ2) is 7.54. The maximum absolute atomic E-state index is 13.7. The molecule has 0 saturated heterocycles. The van der Waals surface area contributed by atoms with Gasteiger partial charge in [0.1, 0.15) is 0 Å². The van der Waals surface area contributed by atoms with Crippen molar-refractivity contribution >= 4 is 28.1 Å². The molecule has 152 valence electrons. The van der Waals surface area contributed by atoms with Crippen molar-refractivity contribution < 1.29 is 14.3 Å². The van der Waals surface area contributed by atoms with Crippen molar-refractivity contribution in [1.82, 2.24) is 9.88 Å². The number of hydrogen-bond acceptors (Lipinski definition) is 4. The zero-order chi connectivity index (χ0) is 20.7. The van der Waals surface area contributed by atoms with Crippen molar-refractivity contribution in [1.29, 1.82) is 0 Å². The predicted molar refractivity (Wildman–Crippen MR) is 119 cm³/mol. The van der Waals surface area contributed by atoms with E-state index >= 15 is 0 Å². The predicted octanol–water partition coefficient (Wildman–Crippen LogP) is 5.03. The second-order valence-corrected chi connectivity index (χ2v) is 8.30. The van der Waals surface area contributed by atoms with Crippen molar-refractivity contribution in [2.24, 2.45) is 0 Å². The van der Waals surface area contributed by atoms with Gasteiger partial charge in [-0.1, -0.05) is 24.3 Å². The number of amides is 1. The number of H-pyrrole nitrogens is 1. The number of ether oxygens (including phenoxy) is 2. The highest BCUT2D eigenvalue weighted by Gasteiger charge is 2.35. The van der Waals surface area contributed by atoms with Crippen molar-refractivity contribution in [3.05, 3.63) is 81.7 Å². The van der Waals surface area contributed by atoms with Crippen molar-refractivity contribution in [3.63, 3.8) is 0 Å². The van der Waals surface area contributed by atoms with Gasteiger partial charge in [0.2, 0.25) is 0 Å². The molecule has 0 unspecified atom stereocenters. The van der Waals surface area contributed by atoms with Crippen LogP contribution in [0, 0.1) is 0 Å². The Bertz CT molecular complexity index is 1210. The molecule has 2 aromatic heterocycles. The molecular weight excluding hydrogens is 396 g/mol. The lowest BCUT2D eigenvalue weighted by Gasteiger charge is -2.37. The van der Waals surface area contributed by atoms with Crippen LogP contribution in [0.5, 0.6) is 11.5 Å². The Morgan fingerprint density at radius 3 is 2.67 bits per heavy atom. The third-order valence-electron chi connectivity index (χ3n) is 5.77. The van der Waals surface area contributed by atoms with Crippen LogP contribution in [0.25, 0.3) is 10.9 Å². The summed E-state index contributed by atoms with van der Waals surface area (Å²) in [6.07, 6.45) is 2.59. The summed E-state index contributed by atoms with van der Waals surface area (Å²) in [5.41, 5.74) is 3.96. The first-order valence-electron chi connectivity index (χ1n) is 9.86. The van der Waals surface area contributed by atoms with Gasteiger partial charge in [-0.3, -0.25) is 4.79 Å². The van der Waals surface area contributed by atoms with Gasteiger partial charge in [0.25, 0.3) is 5.91 Å². The molecule has 1 N–H and O–H groups in total. The fraction of sp³-hybridized carbons (Fsp3) is 0.208. The van der Waals surface area contributed by atoms with E-state index in [4.69, 9.17) is 9.47 Å². The number of carbonyl (C=O) groups excluding carboxylic acids is 1. The number of rotatable bonds is 4. The third-order valence-corrected chi connectivity index (χ3v) is 6.69. The number of methoxy groups -OCH3 is 2. The summed E-state index contributed by atoms with van der Waals surface area (Å²) in [6, 6.07) is 16.0. The van der Waals surface area contributed by atoms with Gasteiger partial charge in [0.05, 0.1) is 25.8 Å². The van der Waals surface area contributed by atoms with Crippen LogP contribution >= 0.6 is 11.3 Å². The standard InChI is InChI=1S/C24H22N2O3S/c1-28-20-12-15-9-10-26(24(27)18-14-25-19-7-4-3-6-16(18)19)23(22-8-5-11-30-22)17(15)13-21(20)29-2/h3-8,11-14,23,25H,9-10H2,1-2H3/t23-/m1/s1. The molecule has 1 atom stereocenters. The molecule has 0 saturated carbocycles. The normalized spacial score (nSPS) is 15.8. The van der Waals surface area contributed by atoms with Crippen LogP contribution in [0.1, 0.15) is 32.4 Å². The topological polar surface area (TPSA) is 54.6 Å². The molecule has 6 heteroatoms. The highest BCUT2D eigenvalue weighted by molar-refractivity contribution is 7.10. The number of aromatic nitrogens is 1. The Kier molecular flexibility index (Phi) is 4.71. The Morgan fingerprint density at radius 1 is 1.10 bits per heavy atom. The molecule has 4 aromatic rings. The van der Waals surface area contributed by atoms with E-state index in [9.17, 15) is 4.79 Å². The monoisotopic (exact) mass is 418 g/mol. The number of nitrogens with one attached hydrogen (secondary N) is 1. The van der Waals surface area contributed by atoms with Gasteiger partial charge in [-0.05, 0) is 47.2 Å². The van der Waals surface area contributed by atoms with E-state index in [-0.39, 0.29) is 11.9 Å². The summed E-state index contributed by atoms with van der Waals surface area (Å²) < 4.78 is 11.1. The molecule has 0 fully saturated rings. The van der Waals surface area contributed by atoms with Crippen LogP contribution in [0.4, 0.5) is 0 Å². The fourth-order valence-electron chi connectivity index (χ4n) is 4.32. The highest BCUT2D eigenvalue weighted by atomic mass is 32.1. The SMILES string of the molecule is COc1cc2c(cc1OC)[C@H](c1cccs1)N(C(=O)c1c[nH]c3ccccc13)CC2. The molecular formula is C24H22N2O3S. The van der Waals surface area contributed by atoms with Crippen LogP contribution in [0.3, 0.4) is 0 Å². The Labute approximate surface area is 178 Å². The summed E-state index contributed by atoms with van der Waals surface area (Å²) in [5.74, 6) is 1.43. The van der Waals surface area contributed by atoms with E-state index in [1.54, 1.807) is 25.6 Å². The zero-order valence-electron chi connectivity index (χ0n) is 16.8. The molecule has 30 heavy (non-hydrogen) atoms. The first-order chi connectivity index (χ1) is 14.7. The van der Waals surface area contributed by atoms with Gasteiger partial charge in [-0.15, -0.1) is 11.3 Å². The number of hydrogen-bond donors (Lipinski definition) is 1. The number of aromatic amines is 1. The number of carbonyl (C=O) groups is 1. The molecule has 0 spiro atoms. The maximum atomic E-state index is 13.7. The highest BCUT2D eigenvalue weighted by Crippen LogP contribution is 2.43. The van der Waals surface area contributed by atoms with Crippen LogP contribution in [0.15, 0.2) is 60.1 Å². The van der Waals surface area contributed by atoms with E-state index in [1.807, 2.05) is 53.6 Å². The van der Waals surface area contributed by atoms with E-state index in [0.717, 1.165) is 33.5 Å². The van der Waals surface area contributed by atoms with E-state index in [1.165, 1.54) is 5.56 Å². The Morgan fingerprint density at radius 2 is 1.90 bits per heavy atom. The van der Waals surface area contributed by atoms with Gasteiger partial charge < -0.3 is 19.4 Å². The quantitative estimate of drug-likeness (QED) is 0.505. The van der Waals surface area contributed by atoms with Crippen molar-refractivity contribution in [2.45, 2.75) is 12.5 Å². The van der Waals surface area contributed by atoms with Crippen LogP contribution in [0.2, 0.25) is 0 Å². The summed E-state index contributed by atoms with van der Waals surface area (Å²) in [7, 11) is 3.29. The number of nitrogens with zero attached hydrogens (tertiary/aromatic N) is 1. The Balaban J connectivity index is 1.63. The van der Waals surface area contributed by atoms with Crippen molar-refractivity contribution in [2.75, 3.05) is 20.8 Å². The average molecular weight is 419 g/mol. The van der Waals surface area contributed by atoms with Crippen LogP contribution in [-0.2, 0) is 6.42 Å². The van der Waals surface area contributed by atoms with Gasteiger partial charge in [-0.2, -0.15) is 0 Å². The molecule has 1 aliphatic heterocycles. The summed E-state index contributed by atoms with van der Waals surface area (Å²) in [5, 5.41) is 3.00. The number of fused-ring (bicyclic) bond motifs is 2. The minimum Gasteiger partial charge on any atom is -0.493 e. The van der Waals surface area contributed by atoms with Gasteiger partial charge in [0.15, 0.2) is 11.5 Å². The molecule has 5 nitrogen and oxygen atoms in total. The van der Waals surface area contributed by atoms with Crippen LogP contribution in [-0.4, -0.2) is 36.6 Å². The molecule has 5 rings (SSSR count). The van der Waals surface area contributed by atoms with Gasteiger partial charge in [-0.25, -0.2) is 0 Å². The minimum atomic E-state index is -0.158. The van der Waals surface area contributed by atoms with Gasteiger partial charge in [0, 0.05) is 28.5 Å². The molecule has 1 amide bonds. The molecule has 0 radical (unpaired) electrons. The third kappa shape index (κ3) is 2.95. The van der Waals surface area contributed by atoms with E-state index in [0.29, 0.717) is 17.9 Å². The molecule has 1 aliphatic rings. The van der Waals surface area contributed by atoms with E-state index < -0.39 is 0 Å². The van der Waals surface area contributed by atoms with Gasteiger partial charge >= 0.3 is 0 Å². The lowest BCUT2D eigenvalue weighted by molar-refractivity contribution is 0.0699. The zero-order valence-corrected chi connectivity index (χ0v) is 17.7. The lowest BCUT2D eigenvalue weighted by atomic mass is 9.90. The first kappa shape index (κ1) is 18.8. The number of benzene rings is 2. The number of para-hydroxylation sites is 1. The van der Waals surface area contributed by atoms with Crippen molar-refractivity contribution in [3.8, 4) is 11.5 Å². The Hall–Kier alpha value is -3.25. The smallest absolute Gasteiger partial charge is 0.256 e. The van der Waals surface area contributed by atoms with Crippen LogP contribution < -0.4 is 9.47 Å². The molecule has 0 aliphatic carbocycles. The summed E-state index contributed by atoms with van der Waals surface area (Å²) >= 11 is 1.66. The second-order valence-electron chi connectivity index (χ2n) is 7.32. The fourth-order valence-corrected chi connectivity index (χ4v) is 5.18. The average Bonchev–Trinajstić information content (AvgIpc) is 3.47.